The smallest absolute Gasteiger partial charge is 0.412 e. The number of carbonyl (C=O) groups excluding carboxylic acids is 1. The van der Waals surface area contributed by atoms with E-state index in [2.05, 4.69) is 20.5 Å². The molecule has 0 spiro atoms. The van der Waals surface area contributed by atoms with Crippen molar-refractivity contribution in [2.75, 3.05) is 0 Å². The van der Waals surface area contributed by atoms with Crippen molar-refractivity contribution in [1.82, 2.24) is 20.5 Å². The Morgan fingerprint density at radius 1 is 1.50 bits per heavy atom. The summed E-state index contributed by atoms with van der Waals surface area (Å²) in [6, 6.07) is 3.63. The van der Waals surface area contributed by atoms with Crippen LogP contribution in [0.1, 0.15) is 28.9 Å². The van der Waals surface area contributed by atoms with Crippen LogP contribution >= 0.6 is 0 Å². The van der Waals surface area contributed by atoms with E-state index in [0.29, 0.717) is 5.69 Å². The molecule has 0 bridgehead atoms. The molecule has 2 aromatic heterocycles. The fourth-order valence-corrected chi connectivity index (χ4v) is 1.48. The number of nitrogens with zero attached hydrogens (tertiary/aromatic N) is 3. The van der Waals surface area contributed by atoms with E-state index in [4.69, 9.17) is 9.52 Å². The van der Waals surface area contributed by atoms with E-state index in [9.17, 15) is 4.79 Å². The molecule has 1 amide bonds. The van der Waals surface area contributed by atoms with Gasteiger partial charge in [-0.2, -0.15) is 0 Å². The van der Waals surface area contributed by atoms with Gasteiger partial charge in [0.05, 0.1) is 6.54 Å². The lowest BCUT2D eigenvalue weighted by molar-refractivity contribution is 0.0940. The molecule has 0 unspecified atom stereocenters. The van der Waals surface area contributed by atoms with Crippen molar-refractivity contribution in [3.05, 3.63) is 35.5 Å². The fraction of sp³-hybridized carbons (Fsp3) is 0.273. The molecule has 2 rings (SSSR count). The van der Waals surface area contributed by atoms with Gasteiger partial charge in [0.1, 0.15) is 5.69 Å². The van der Waals surface area contributed by atoms with Crippen LogP contribution in [0.25, 0.3) is 0 Å². The zero-order chi connectivity index (χ0) is 13.0. The van der Waals surface area contributed by atoms with Crippen LogP contribution in [0, 0.1) is 0 Å². The van der Waals surface area contributed by atoms with E-state index in [0.717, 1.165) is 12.0 Å². The van der Waals surface area contributed by atoms with Gasteiger partial charge in [0, 0.05) is 6.20 Å². The standard InChI is InChI=1S/C11H12N4O3/c1-2-7-4-3-5-12-9(7)10(16)13-6-8-14-15-11(17)18-8/h3-5H,2,6H2,1H3,(H,13,16)(H,15,17). The highest BCUT2D eigenvalue weighted by atomic mass is 16.5. The Morgan fingerprint density at radius 2 is 2.33 bits per heavy atom. The van der Waals surface area contributed by atoms with Crippen LogP contribution in [-0.4, -0.2) is 26.2 Å². The van der Waals surface area contributed by atoms with Gasteiger partial charge in [0.2, 0.25) is 5.89 Å². The maximum atomic E-state index is 11.9. The van der Waals surface area contributed by atoms with Crippen LogP contribution in [0.15, 0.2) is 22.7 Å². The molecular formula is C11H12N4O3. The number of aromatic nitrogens is 3. The predicted octanol–water partition coefficient (Wildman–Crippen LogP) is 0.663. The van der Waals surface area contributed by atoms with Crippen molar-refractivity contribution < 1.29 is 14.3 Å². The molecule has 0 saturated carbocycles. The molecule has 2 heterocycles. The van der Waals surface area contributed by atoms with Gasteiger partial charge in [0.25, 0.3) is 5.91 Å². The molecule has 18 heavy (non-hydrogen) atoms. The van der Waals surface area contributed by atoms with Gasteiger partial charge in [0.15, 0.2) is 0 Å². The number of nitrogens with one attached hydrogen (secondary N) is 1. The molecule has 0 radical (unpaired) electrons. The SMILES string of the molecule is CCc1cccnc1C(=O)NCc1nnc(O)o1. The Kier molecular flexibility index (Phi) is 3.52. The second-order valence-corrected chi connectivity index (χ2v) is 3.53. The van der Waals surface area contributed by atoms with Crippen molar-refractivity contribution in [1.29, 1.82) is 0 Å². The monoisotopic (exact) mass is 248 g/mol. The Morgan fingerprint density at radius 3 is 3.00 bits per heavy atom. The molecule has 7 nitrogen and oxygen atoms in total. The first-order chi connectivity index (χ1) is 8.70. The molecule has 0 aliphatic heterocycles. The van der Waals surface area contributed by atoms with Crippen LogP contribution in [0.2, 0.25) is 0 Å². The van der Waals surface area contributed by atoms with Crippen LogP contribution in [-0.2, 0) is 13.0 Å². The summed E-state index contributed by atoms with van der Waals surface area (Å²) in [4.78, 5) is 15.9. The van der Waals surface area contributed by atoms with Gasteiger partial charge in [-0.1, -0.05) is 18.1 Å². The topological polar surface area (TPSA) is 101 Å². The molecule has 0 aliphatic rings. The zero-order valence-electron chi connectivity index (χ0n) is 9.75. The van der Waals surface area contributed by atoms with E-state index in [1.165, 1.54) is 0 Å². The van der Waals surface area contributed by atoms with Crippen LogP contribution in [0.3, 0.4) is 0 Å². The molecule has 2 aromatic rings. The number of carbonyl (C=O) groups is 1. The highest BCUT2D eigenvalue weighted by Crippen LogP contribution is 2.07. The van der Waals surface area contributed by atoms with Gasteiger partial charge in [-0.15, -0.1) is 5.10 Å². The van der Waals surface area contributed by atoms with Crippen molar-refractivity contribution in [2.24, 2.45) is 0 Å². The normalized spacial score (nSPS) is 10.3. The number of aryl methyl sites for hydroxylation is 1. The lowest BCUT2D eigenvalue weighted by Crippen LogP contribution is -2.25. The van der Waals surface area contributed by atoms with Crippen LogP contribution in [0.5, 0.6) is 6.08 Å². The minimum Gasteiger partial charge on any atom is -0.465 e. The third-order valence-corrected chi connectivity index (χ3v) is 2.34. The second kappa shape index (κ2) is 5.26. The van der Waals surface area contributed by atoms with Crippen molar-refractivity contribution >= 4 is 5.91 Å². The summed E-state index contributed by atoms with van der Waals surface area (Å²) >= 11 is 0. The number of hydrogen-bond acceptors (Lipinski definition) is 6. The first-order valence-electron chi connectivity index (χ1n) is 5.44. The van der Waals surface area contributed by atoms with E-state index >= 15 is 0 Å². The third-order valence-electron chi connectivity index (χ3n) is 2.34. The van der Waals surface area contributed by atoms with Gasteiger partial charge in [-0.25, -0.2) is 0 Å². The maximum Gasteiger partial charge on any atom is 0.412 e. The molecule has 0 saturated heterocycles. The molecular weight excluding hydrogens is 236 g/mol. The quantitative estimate of drug-likeness (QED) is 0.824. The molecule has 0 atom stereocenters. The Hall–Kier alpha value is -2.44. The summed E-state index contributed by atoms with van der Waals surface area (Å²) in [5.41, 5.74) is 1.24. The second-order valence-electron chi connectivity index (χ2n) is 3.53. The number of rotatable bonds is 4. The Labute approximate surface area is 103 Å². The number of aromatic hydroxyl groups is 1. The minimum absolute atomic E-state index is 0.0477. The summed E-state index contributed by atoms with van der Waals surface area (Å²) in [5.74, 6) is -0.181. The number of pyridine rings is 1. The third kappa shape index (κ3) is 2.62. The summed E-state index contributed by atoms with van der Waals surface area (Å²) in [6.45, 7) is 2.00. The Bertz CT molecular complexity index is 553. The lowest BCUT2D eigenvalue weighted by atomic mass is 10.1. The zero-order valence-corrected chi connectivity index (χ0v) is 9.75. The molecule has 0 aliphatic carbocycles. The minimum atomic E-state index is -0.522. The first kappa shape index (κ1) is 12.0. The Balaban J connectivity index is 2.03. The van der Waals surface area contributed by atoms with E-state index in [-0.39, 0.29) is 18.3 Å². The van der Waals surface area contributed by atoms with Gasteiger partial charge >= 0.3 is 6.08 Å². The molecule has 94 valence electrons. The van der Waals surface area contributed by atoms with E-state index < -0.39 is 6.08 Å². The molecule has 2 N–H and O–H groups in total. The number of amides is 1. The molecule has 0 fully saturated rings. The highest BCUT2D eigenvalue weighted by molar-refractivity contribution is 5.93. The summed E-state index contributed by atoms with van der Waals surface area (Å²) < 4.78 is 4.72. The average molecular weight is 248 g/mol. The first-order valence-corrected chi connectivity index (χ1v) is 5.44. The number of hydrogen-bond donors (Lipinski definition) is 2. The van der Waals surface area contributed by atoms with Gasteiger partial charge in [-0.05, 0) is 18.1 Å². The largest absolute Gasteiger partial charge is 0.465 e. The van der Waals surface area contributed by atoms with Crippen molar-refractivity contribution in [3.8, 4) is 6.08 Å². The highest BCUT2D eigenvalue weighted by Gasteiger charge is 2.12. The lowest BCUT2D eigenvalue weighted by Gasteiger charge is -2.05. The maximum absolute atomic E-state index is 11.9. The van der Waals surface area contributed by atoms with Gasteiger partial charge in [-0.3, -0.25) is 9.78 Å². The van der Waals surface area contributed by atoms with Crippen LogP contribution < -0.4 is 5.32 Å². The molecule has 0 aromatic carbocycles. The van der Waals surface area contributed by atoms with E-state index in [1.807, 2.05) is 13.0 Å². The predicted molar refractivity (Wildman–Crippen MR) is 60.7 cm³/mol. The van der Waals surface area contributed by atoms with E-state index in [1.54, 1.807) is 12.3 Å². The fourth-order valence-electron chi connectivity index (χ4n) is 1.48. The van der Waals surface area contributed by atoms with Gasteiger partial charge < -0.3 is 14.8 Å². The summed E-state index contributed by atoms with van der Waals surface area (Å²) in [5, 5.41) is 18.2. The summed E-state index contributed by atoms with van der Waals surface area (Å²) in [6.07, 6.45) is 1.76. The van der Waals surface area contributed by atoms with Crippen LogP contribution in [0.4, 0.5) is 0 Å². The summed E-state index contributed by atoms with van der Waals surface area (Å²) in [7, 11) is 0. The van der Waals surface area contributed by atoms with Crippen molar-refractivity contribution in [3.63, 3.8) is 0 Å². The van der Waals surface area contributed by atoms with Crippen molar-refractivity contribution in [2.45, 2.75) is 19.9 Å². The molecule has 7 heteroatoms. The average Bonchev–Trinajstić information content (AvgIpc) is 2.81.